The highest BCUT2D eigenvalue weighted by Crippen LogP contribution is 2.38. The summed E-state index contributed by atoms with van der Waals surface area (Å²) in [6, 6.07) is 13.6. The van der Waals surface area contributed by atoms with Crippen molar-refractivity contribution in [1.82, 2.24) is 4.57 Å². The van der Waals surface area contributed by atoms with Crippen LogP contribution < -0.4 is 16.0 Å². The predicted molar refractivity (Wildman–Crippen MR) is 86.8 cm³/mol. The molecule has 0 amide bonds. The zero-order valence-corrected chi connectivity index (χ0v) is 13.0. The summed E-state index contributed by atoms with van der Waals surface area (Å²) in [5.41, 5.74) is 8.38. The number of aryl methyl sites for hydroxylation is 1. The van der Waals surface area contributed by atoms with Crippen molar-refractivity contribution in [2.45, 2.75) is 19.3 Å². The standard InChI is InChI=1S/C18H17N3O2/c1-11-8-15-16(18(22)21(11)2)13(14(10-19)17(20)23-15)9-12-6-4-3-5-7-12/h3-8,13H,9,20H2,1-2H3/t13-/m1/s1. The smallest absolute Gasteiger partial charge is 0.258 e. The molecule has 1 aromatic heterocycles. The van der Waals surface area contributed by atoms with Gasteiger partial charge in [-0.3, -0.25) is 4.79 Å². The van der Waals surface area contributed by atoms with Gasteiger partial charge in [0.15, 0.2) is 0 Å². The van der Waals surface area contributed by atoms with E-state index in [2.05, 4.69) is 6.07 Å². The molecule has 116 valence electrons. The number of allylic oxidation sites excluding steroid dienone is 1. The van der Waals surface area contributed by atoms with E-state index in [4.69, 9.17) is 10.5 Å². The van der Waals surface area contributed by atoms with E-state index >= 15 is 0 Å². The van der Waals surface area contributed by atoms with Crippen LogP contribution in [0.4, 0.5) is 0 Å². The van der Waals surface area contributed by atoms with Gasteiger partial charge in [0.25, 0.3) is 5.56 Å². The van der Waals surface area contributed by atoms with E-state index in [1.165, 1.54) is 0 Å². The van der Waals surface area contributed by atoms with Gasteiger partial charge < -0.3 is 15.0 Å². The van der Waals surface area contributed by atoms with Gasteiger partial charge in [-0.25, -0.2) is 0 Å². The Labute approximate surface area is 134 Å². The van der Waals surface area contributed by atoms with Gasteiger partial charge in [0.05, 0.1) is 11.1 Å². The summed E-state index contributed by atoms with van der Waals surface area (Å²) in [4.78, 5) is 12.7. The number of ether oxygens (including phenoxy) is 1. The van der Waals surface area contributed by atoms with Gasteiger partial charge >= 0.3 is 0 Å². The van der Waals surface area contributed by atoms with Crippen molar-refractivity contribution in [3.8, 4) is 11.8 Å². The Balaban J connectivity index is 2.19. The van der Waals surface area contributed by atoms with Gasteiger partial charge in [0, 0.05) is 24.7 Å². The molecule has 3 rings (SSSR count). The van der Waals surface area contributed by atoms with Gasteiger partial charge in [-0.2, -0.15) is 5.26 Å². The minimum atomic E-state index is -0.398. The Bertz CT molecular complexity index is 889. The molecule has 0 radical (unpaired) electrons. The average Bonchev–Trinajstić information content (AvgIpc) is 2.53. The summed E-state index contributed by atoms with van der Waals surface area (Å²) < 4.78 is 7.11. The normalized spacial score (nSPS) is 16.5. The van der Waals surface area contributed by atoms with Crippen LogP contribution in [0.1, 0.15) is 22.7 Å². The number of rotatable bonds is 2. The first-order chi connectivity index (χ1) is 11.0. The lowest BCUT2D eigenvalue weighted by Gasteiger charge is -2.26. The van der Waals surface area contributed by atoms with Crippen molar-refractivity contribution >= 4 is 0 Å². The molecule has 0 saturated carbocycles. The fourth-order valence-electron chi connectivity index (χ4n) is 2.89. The topological polar surface area (TPSA) is 81.0 Å². The average molecular weight is 307 g/mol. The molecule has 0 aliphatic carbocycles. The van der Waals surface area contributed by atoms with Crippen molar-refractivity contribution in [2.24, 2.45) is 12.8 Å². The number of aromatic nitrogens is 1. The van der Waals surface area contributed by atoms with Crippen LogP contribution in [-0.2, 0) is 13.5 Å². The molecule has 1 aromatic carbocycles. The molecule has 0 bridgehead atoms. The van der Waals surface area contributed by atoms with Crippen molar-refractivity contribution in [1.29, 1.82) is 5.26 Å². The van der Waals surface area contributed by atoms with E-state index in [1.54, 1.807) is 17.7 Å². The van der Waals surface area contributed by atoms with Crippen LogP contribution in [0.25, 0.3) is 0 Å². The highest BCUT2D eigenvalue weighted by Gasteiger charge is 2.32. The lowest BCUT2D eigenvalue weighted by atomic mass is 9.85. The second-order valence-electron chi connectivity index (χ2n) is 5.66. The van der Waals surface area contributed by atoms with Gasteiger partial charge in [-0.05, 0) is 18.9 Å². The quantitative estimate of drug-likeness (QED) is 0.921. The first-order valence-corrected chi connectivity index (χ1v) is 7.35. The first-order valence-electron chi connectivity index (χ1n) is 7.35. The molecule has 0 saturated heterocycles. The zero-order chi connectivity index (χ0) is 16.6. The zero-order valence-electron chi connectivity index (χ0n) is 13.0. The number of nitrogens with zero attached hydrogens (tertiary/aromatic N) is 2. The van der Waals surface area contributed by atoms with Crippen LogP contribution in [0.2, 0.25) is 0 Å². The van der Waals surface area contributed by atoms with E-state index in [-0.39, 0.29) is 11.4 Å². The van der Waals surface area contributed by atoms with E-state index < -0.39 is 5.92 Å². The summed E-state index contributed by atoms with van der Waals surface area (Å²) in [5, 5.41) is 9.47. The maximum Gasteiger partial charge on any atom is 0.258 e. The van der Waals surface area contributed by atoms with Crippen molar-refractivity contribution in [3.63, 3.8) is 0 Å². The lowest BCUT2D eigenvalue weighted by molar-refractivity contribution is 0.383. The van der Waals surface area contributed by atoms with Crippen molar-refractivity contribution in [2.75, 3.05) is 0 Å². The minimum absolute atomic E-state index is 0.0774. The van der Waals surface area contributed by atoms with E-state index in [9.17, 15) is 10.1 Å². The summed E-state index contributed by atoms with van der Waals surface area (Å²) in [5.74, 6) is 0.127. The maximum absolute atomic E-state index is 12.7. The second kappa shape index (κ2) is 5.65. The maximum atomic E-state index is 12.7. The van der Waals surface area contributed by atoms with E-state index in [0.717, 1.165) is 11.3 Å². The molecule has 5 heteroatoms. The molecule has 1 aliphatic heterocycles. The third-order valence-corrected chi connectivity index (χ3v) is 4.25. The third-order valence-electron chi connectivity index (χ3n) is 4.25. The SMILES string of the molecule is Cc1cc2c(c(=O)n1C)[C@H](Cc1ccccc1)C(C#N)=C(N)O2. The molecule has 0 fully saturated rings. The van der Waals surface area contributed by atoms with Gasteiger partial charge in [0.2, 0.25) is 5.88 Å². The first kappa shape index (κ1) is 14.9. The number of nitriles is 1. The molecule has 0 spiro atoms. The highest BCUT2D eigenvalue weighted by molar-refractivity contribution is 5.50. The fourth-order valence-corrected chi connectivity index (χ4v) is 2.89. The lowest BCUT2D eigenvalue weighted by Crippen LogP contribution is -2.31. The minimum Gasteiger partial charge on any atom is -0.440 e. The van der Waals surface area contributed by atoms with Crippen LogP contribution >= 0.6 is 0 Å². The summed E-state index contributed by atoms with van der Waals surface area (Å²) in [6.45, 7) is 1.83. The van der Waals surface area contributed by atoms with Gasteiger partial charge in [-0.15, -0.1) is 0 Å². The van der Waals surface area contributed by atoms with Gasteiger partial charge in [0.1, 0.15) is 11.8 Å². The number of fused-ring (bicyclic) bond motifs is 1. The van der Waals surface area contributed by atoms with Gasteiger partial charge in [-0.1, -0.05) is 30.3 Å². The number of benzene rings is 1. The molecule has 0 unspecified atom stereocenters. The summed E-state index contributed by atoms with van der Waals surface area (Å²) in [6.07, 6.45) is 0.527. The summed E-state index contributed by atoms with van der Waals surface area (Å²) >= 11 is 0. The Morgan fingerprint density at radius 1 is 1.35 bits per heavy atom. The Kier molecular flexibility index (Phi) is 3.67. The Morgan fingerprint density at radius 3 is 2.70 bits per heavy atom. The Morgan fingerprint density at radius 2 is 2.04 bits per heavy atom. The van der Waals surface area contributed by atoms with Crippen LogP contribution in [0.3, 0.4) is 0 Å². The molecule has 2 N–H and O–H groups in total. The van der Waals surface area contributed by atoms with E-state index in [0.29, 0.717) is 23.3 Å². The molecule has 1 aliphatic rings. The molecule has 1 atom stereocenters. The summed E-state index contributed by atoms with van der Waals surface area (Å²) in [7, 11) is 1.71. The molecule has 2 heterocycles. The monoisotopic (exact) mass is 307 g/mol. The molecule has 23 heavy (non-hydrogen) atoms. The number of hydrogen-bond acceptors (Lipinski definition) is 4. The van der Waals surface area contributed by atoms with Crippen molar-refractivity contribution < 1.29 is 4.74 Å². The Hall–Kier alpha value is -3.00. The predicted octanol–water partition coefficient (Wildman–Crippen LogP) is 2.11. The molecular formula is C18H17N3O2. The van der Waals surface area contributed by atoms with Crippen LogP contribution in [-0.4, -0.2) is 4.57 Å². The van der Waals surface area contributed by atoms with E-state index in [1.807, 2.05) is 37.3 Å². The highest BCUT2D eigenvalue weighted by atomic mass is 16.5. The van der Waals surface area contributed by atoms with Crippen LogP contribution in [0.5, 0.6) is 5.75 Å². The van der Waals surface area contributed by atoms with Crippen molar-refractivity contribution in [3.05, 3.63) is 75.0 Å². The molecule has 5 nitrogen and oxygen atoms in total. The number of nitrogens with two attached hydrogens (primary N) is 1. The second-order valence-corrected chi connectivity index (χ2v) is 5.66. The molecule has 2 aromatic rings. The fraction of sp³-hybridized carbons (Fsp3) is 0.222. The van der Waals surface area contributed by atoms with Crippen LogP contribution in [0, 0.1) is 18.3 Å². The number of hydrogen-bond donors (Lipinski definition) is 1. The van der Waals surface area contributed by atoms with Crippen LogP contribution in [0.15, 0.2) is 52.6 Å². The largest absolute Gasteiger partial charge is 0.440 e. The molecular weight excluding hydrogens is 290 g/mol. The number of pyridine rings is 1. The third kappa shape index (κ3) is 2.49.